The van der Waals surface area contributed by atoms with E-state index in [1.54, 1.807) is 0 Å². The monoisotopic (exact) mass is 353 g/mol. The van der Waals surface area contributed by atoms with Crippen molar-refractivity contribution in [3.63, 3.8) is 0 Å². The molecule has 3 rings (SSSR count). The summed E-state index contributed by atoms with van der Waals surface area (Å²) in [6, 6.07) is 8.50. The lowest BCUT2D eigenvalue weighted by Crippen LogP contribution is -2.18. The van der Waals surface area contributed by atoms with Gasteiger partial charge in [-0.2, -0.15) is 0 Å². The molecule has 1 aromatic heterocycles. The van der Waals surface area contributed by atoms with E-state index in [9.17, 15) is 9.59 Å². The Morgan fingerprint density at radius 1 is 1.23 bits per heavy atom. The second kappa shape index (κ2) is 7.48. The predicted octanol–water partition coefficient (Wildman–Crippen LogP) is 4.61. The lowest BCUT2D eigenvalue weighted by Gasteiger charge is -2.22. The van der Waals surface area contributed by atoms with Gasteiger partial charge in [0.25, 0.3) is 0 Å². The number of ether oxygens (including phenoxy) is 1. The second-order valence-electron chi connectivity index (χ2n) is 7.59. The van der Waals surface area contributed by atoms with Crippen molar-refractivity contribution in [1.82, 2.24) is 4.98 Å². The first kappa shape index (κ1) is 18.4. The van der Waals surface area contributed by atoms with Crippen molar-refractivity contribution in [3.8, 4) is 0 Å². The van der Waals surface area contributed by atoms with Gasteiger partial charge in [0.1, 0.15) is 5.69 Å². The summed E-state index contributed by atoms with van der Waals surface area (Å²) in [4.78, 5) is 28.3. The minimum Gasteiger partial charge on any atom is -0.461 e. The SMILES string of the molecule is CCc1ccc(C2CC(=O)c3c([nH]c(C(=O)OCC(C)C)c3C)C2)cc1. The Kier molecular flexibility index (Phi) is 5.30. The van der Waals surface area contributed by atoms with Crippen molar-refractivity contribution in [3.05, 3.63) is 57.9 Å². The molecule has 1 aliphatic carbocycles. The van der Waals surface area contributed by atoms with Gasteiger partial charge in [-0.15, -0.1) is 0 Å². The molecule has 0 aliphatic heterocycles. The number of aromatic nitrogens is 1. The van der Waals surface area contributed by atoms with Gasteiger partial charge in [0.05, 0.1) is 6.61 Å². The summed E-state index contributed by atoms with van der Waals surface area (Å²) < 4.78 is 5.34. The number of benzene rings is 1. The first-order chi connectivity index (χ1) is 12.4. The zero-order chi connectivity index (χ0) is 18.8. The van der Waals surface area contributed by atoms with Gasteiger partial charge in [-0.1, -0.05) is 45.0 Å². The highest BCUT2D eigenvalue weighted by molar-refractivity contribution is 6.03. The third kappa shape index (κ3) is 3.59. The van der Waals surface area contributed by atoms with Gasteiger partial charge >= 0.3 is 5.97 Å². The fraction of sp³-hybridized carbons (Fsp3) is 0.455. The van der Waals surface area contributed by atoms with Crippen LogP contribution in [0.2, 0.25) is 0 Å². The largest absolute Gasteiger partial charge is 0.461 e. The fourth-order valence-corrected chi connectivity index (χ4v) is 3.61. The first-order valence-electron chi connectivity index (χ1n) is 9.41. The third-order valence-electron chi connectivity index (χ3n) is 5.10. The molecule has 0 saturated heterocycles. The van der Waals surface area contributed by atoms with Crippen molar-refractivity contribution in [2.75, 3.05) is 6.61 Å². The molecule has 26 heavy (non-hydrogen) atoms. The molecule has 138 valence electrons. The van der Waals surface area contributed by atoms with Gasteiger partial charge in [-0.05, 0) is 48.3 Å². The minimum absolute atomic E-state index is 0.104. The van der Waals surface area contributed by atoms with Gasteiger partial charge in [0, 0.05) is 17.7 Å². The van der Waals surface area contributed by atoms with Gasteiger partial charge in [-0.25, -0.2) is 4.79 Å². The zero-order valence-electron chi connectivity index (χ0n) is 16.0. The molecule has 1 N–H and O–H groups in total. The van der Waals surface area contributed by atoms with Crippen molar-refractivity contribution < 1.29 is 14.3 Å². The molecule has 0 radical (unpaired) electrons. The molecule has 4 nitrogen and oxygen atoms in total. The number of esters is 1. The summed E-state index contributed by atoms with van der Waals surface area (Å²) in [5.41, 5.74) is 5.16. The topological polar surface area (TPSA) is 59.2 Å². The van der Waals surface area contributed by atoms with E-state index in [-0.39, 0.29) is 23.6 Å². The van der Waals surface area contributed by atoms with E-state index in [0.29, 0.717) is 24.3 Å². The van der Waals surface area contributed by atoms with Crippen LogP contribution < -0.4 is 0 Å². The van der Waals surface area contributed by atoms with E-state index in [0.717, 1.165) is 24.1 Å². The van der Waals surface area contributed by atoms with Crippen LogP contribution in [0.4, 0.5) is 0 Å². The molecule has 0 amide bonds. The maximum absolute atomic E-state index is 12.7. The van der Waals surface area contributed by atoms with Crippen LogP contribution in [0, 0.1) is 12.8 Å². The van der Waals surface area contributed by atoms with E-state index in [2.05, 4.69) is 36.2 Å². The Hall–Kier alpha value is -2.36. The number of aryl methyl sites for hydroxylation is 1. The Morgan fingerprint density at radius 2 is 1.92 bits per heavy atom. The number of aromatic amines is 1. The number of rotatable bonds is 5. The number of H-pyrrole nitrogens is 1. The quantitative estimate of drug-likeness (QED) is 0.799. The molecule has 0 saturated carbocycles. The van der Waals surface area contributed by atoms with Crippen LogP contribution in [0.1, 0.15) is 76.3 Å². The van der Waals surface area contributed by atoms with Crippen LogP contribution in [-0.4, -0.2) is 23.3 Å². The second-order valence-corrected chi connectivity index (χ2v) is 7.59. The molecule has 2 aromatic rings. The molecule has 0 bridgehead atoms. The number of carbonyl (C=O) groups excluding carboxylic acids is 2. The molecular formula is C22H27NO3. The number of hydrogen-bond acceptors (Lipinski definition) is 3. The van der Waals surface area contributed by atoms with Crippen molar-refractivity contribution in [1.29, 1.82) is 0 Å². The molecule has 4 heteroatoms. The lowest BCUT2D eigenvalue weighted by molar-refractivity contribution is 0.0451. The molecule has 1 aliphatic rings. The summed E-state index contributed by atoms with van der Waals surface area (Å²) in [5, 5.41) is 0. The van der Waals surface area contributed by atoms with Gasteiger partial charge < -0.3 is 9.72 Å². The average molecular weight is 353 g/mol. The van der Waals surface area contributed by atoms with E-state index in [1.165, 1.54) is 11.1 Å². The predicted molar refractivity (Wildman–Crippen MR) is 102 cm³/mol. The normalized spacial score (nSPS) is 16.7. The third-order valence-corrected chi connectivity index (χ3v) is 5.10. The zero-order valence-corrected chi connectivity index (χ0v) is 16.0. The van der Waals surface area contributed by atoms with Crippen molar-refractivity contribution >= 4 is 11.8 Å². The molecule has 1 aromatic carbocycles. The van der Waals surface area contributed by atoms with Gasteiger partial charge in [-0.3, -0.25) is 4.79 Å². The van der Waals surface area contributed by atoms with Crippen LogP contribution in [-0.2, 0) is 17.6 Å². The molecule has 0 fully saturated rings. The molecule has 0 spiro atoms. The lowest BCUT2D eigenvalue weighted by atomic mass is 9.81. The van der Waals surface area contributed by atoms with Crippen molar-refractivity contribution in [2.45, 2.75) is 52.9 Å². The number of Topliss-reactive ketones (excluding diaryl/α,β-unsaturated/α-hetero) is 1. The Balaban J connectivity index is 1.84. The Bertz CT molecular complexity index is 815. The highest BCUT2D eigenvalue weighted by atomic mass is 16.5. The van der Waals surface area contributed by atoms with Crippen LogP contribution in [0.5, 0.6) is 0 Å². The standard InChI is InChI=1S/C22H27NO3/c1-5-15-6-8-16(9-7-15)17-10-18-20(19(24)11-17)14(4)21(23-18)22(25)26-12-13(2)3/h6-9,13,17,23H,5,10-12H2,1-4H3. The number of fused-ring (bicyclic) bond motifs is 1. The van der Waals surface area contributed by atoms with E-state index in [1.807, 2.05) is 20.8 Å². The van der Waals surface area contributed by atoms with Crippen LogP contribution in [0.3, 0.4) is 0 Å². The van der Waals surface area contributed by atoms with E-state index < -0.39 is 0 Å². The summed E-state index contributed by atoms with van der Waals surface area (Å²) in [7, 11) is 0. The number of carbonyl (C=O) groups is 2. The minimum atomic E-state index is -0.373. The summed E-state index contributed by atoms with van der Waals surface area (Å²) in [6.07, 6.45) is 2.23. The maximum atomic E-state index is 12.7. The number of hydrogen-bond donors (Lipinski definition) is 1. The molecule has 1 atom stereocenters. The van der Waals surface area contributed by atoms with Crippen LogP contribution in [0.15, 0.2) is 24.3 Å². The number of ketones is 1. The summed E-state index contributed by atoms with van der Waals surface area (Å²) >= 11 is 0. The first-order valence-corrected chi connectivity index (χ1v) is 9.41. The van der Waals surface area contributed by atoms with Gasteiger partial charge in [0.15, 0.2) is 5.78 Å². The van der Waals surface area contributed by atoms with Crippen LogP contribution >= 0.6 is 0 Å². The average Bonchev–Trinajstić information content (AvgIpc) is 2.97. The van der Waals surface area contributed by atoms with Crippen molar-refractivity contribution in [2.24, 2.45) is 5.92 Å². The molecular weight excluding hydrogens is 326 g/mol. The summed E-state index contributed by atoms with van der Waals surface area (Å²) in [5.74, 6) is 0.161. The highest BCUT2D eigenvalue weighted by Gasteiger charge is 2.32. The highest BCUT2D eigenvalue weighted by Crippen LogP contribution is 2.35. The van der Waals surface area contributed by atoms with E-state index in [4.69, 9.17) is 4.74 Å². The molecule has 1 unspecified atom stereocenters. The molecule has 1 heterocycles. The smallest absolute Gasteiger partial charge is 0.355 e. The Labute approximate surface area is 155 Å². The fourth-order valence-electron chi connectivity index (χ4n) is 3.61. The Morgan fingerprint density at radius 3 is 2.54 bits per heavy atom. The summed E-state index contributed by atoms with van der Waals surface area (Å²) in [6.45, 7) is 8.33. The maximum Gasteiger partial charge on any atom is 0.355 e. The van der Waals surface area contributed by atoms with Gasteiger partial charge in [0.2, 0.25) is 0 Å². The van der Waals surface area contributed by atoms with Crippen LogP contribution in [0.25, 0.3) is 0 Å². The van der Waals surface area contributed by atoms with E-state index >= 15 is 0 Å². The number of nitrogens with one attached hydrogen (secondary N) is 1.